The zero-order chi connectivity index (χ0) is 14.1. The third kappa shape index (κ3) is 2.55. The molecule has 1 saturated carbocycles. The highest BCUT2D eigenvalue weighted by atomic mass is 16.2. The molecule has 4 nitrogen and oxygen atoms in total. The van der Waals surface area contributed by atoms with Crippen LogP contribution >= 0.6 is 0 Å². The molecule has 2 fully saturated rings. The maximum absolute atomic E-state index is 12.5. The van der Waals surface area contributed by atoms with E-state index in [1.54, 1.807) is 4.90 Å². The van der Waals surface area contributed by atoms with Crippen molar-refractivity contribution in [2.24, 2.45) is 5.92 Å². The molecular formula is C16H20N2O2. The van der Waals surface area contributed by atoms with Crippen LogP contribution in [0.5, 0.6) is 0 Å². The van der Waals surface area contributed by atoms with Crippen molar-refractivity contribution in [2.45, 2.75) is 38.3 Å². The zero-order valence-corrected chi connectivity index (χ0v) is 11.7. The van der Waals surface area contributed by atoms with Gasteiger partial charge < -0.3 is 10.2 Å². The summed E-state index contributed by atoms with van der Waals surface area (Å²) in [6.45, 7) is 2.37. The van der Waals surface area contributed by atoms with E-state index in [0.717, 1.165) is 18.4 Å². The second kappa shape index (κ2) is 5.27. The number of hydrogen-bond acceptors (Lipinski definition) is 2. The standard InChI is InChI=1S/C16H20N2O2/c1-2-12-9-14(12)18-10-15(19)17-13(16(18)20)8-11-6-4-3-5-7-11/h3-7,12-14H,2,8-10H2,1H3,(H,17,19). The first kappa shape index (κ1) is 13.2. The molecule has 1 saturated heterocycles. The van der Waals surface area contributed by atoms with Crippen molar-refractivity contribution < 1.29 is 9.59 Å². The molecule has 3 unspecified atom stereocenters. The Balaban J connectivity index is 1.71. The second-order valence-electron chi connectivity index (χ2n) is 5.75. The number of carbonyl (C=O) groups is 2. The quantitative estimate of drug-likeness (QED) is 0.899. The fourth-order valence-electron chi connectivity index (χ4n) is 3.06. The third-order valence-electron chi connectivity index (χ3n) is 4.32. The monoisotopic (exact) mass is 272 g/mol. The van der Waals surface area contributed by atoms with Crippen LogP contribution in [0.1, 0.15) is 25.3 Å². The number of benzene rings is 1. The minimum Gasteiger partial charge on any atom is -0.342 e. The molecule has 106 valence electrons. The molecule has 1 aliphatic heterocycles. The lowest BCUT2D eigenvalue weighted by atomic mass is 10.0. The Morgan fingerprint density at radius 3 is 2.65 bits per heavy atom. The van der Waals surface area contributed by atoms with Crippen LogP contribution in [0.2, 0.25) is 0 Å². The van der Waals surface area contributed by atoms with E-state index in [1.807, 2.05) is 30.3 Å². The Labute approximate surface area is 119 Å². The van der Waals surface area contributed by atoms with Crippen LogP contribution in [0, 0.1) is 5.92 Å². The van der Waals surface area contributed by atoms with E-state index in [-0.39, 0.29) is 24.4 Å². The highest BCUT2D eigenvalue weighted by Crippen LogP contribution is 2.39. The van der Waals surface area contributed by atoms with Gasteiger partial charge in [-0.15, -0.1) is 0 Å². The van der Waals surface area contributed by atoms with Gasteiger partial charge in [-0.2, -0.15) is 0 Å². The Bertz CT molecular complexity index is 514. The molecule has 0 spiro atoms. The van der Waals surface area contributed by atoms with Gasteiger partial charge in [-0.25, -0.2) is 0 Å². The number of nitrogens with zero attached hydrogens (tertiary/aromatic N) is 1. The van der Waals surface area contributed by atoms with E-state index >= 15 is 0 Å². The summed E-state index contributed by atoms with van der Waals surface area (Å²) in [6, 6.07) is 9.72. The summed E-state index contributed by atoms with van der Waals surface area (Å²) in [5.74, 6) is 0.629. The van der Waals surface area contributed by atoms with Crippen LogP contribution in [0.25, 0.3) is 0 Å². The summed E-state index contributed by atoms with van der Waals surface area (Å²) >= 11 is 0. The molecule has 20 heavy (non-hydrogen) atoms. The average Bonchev–Trinajstić information content (AvgIpc) is 3.23. The highest BCUT2D eigenvalue weighted by Gasteiger charge is 2.46. The van der Waals surface area contributed by atoms with E-state index in [4.69, 9.17) is 0 Å². The number of carbonyl (C=O) groups excluding carboxylic acids is 2. The van der Waals surface area contributed by atoms with Crippen molar-refractivity contribution in [1.82, 2.24) is 10.2 Å². The summed E-state index contributed by atoms with van der Waals surface area (Å²) in [7, 11) is 0. The van der Waals surface area contributed by atoms with Crippen LogP contribution in [0.15, 0.2) is 30.3 Å². The van der Waals surface area contributed by atoms with Gasteiger partial charge in [-0.1, -0.05) is 43.7 Å². The third-order valence-corrected chi connectivity index (χ3v) is 4.32. The second-order valence-corrected chi connectivity index (χ2v) is 5.75. The Hall–Kier alpha value is -1.84. The summed E-state index contributed by atoms with van der Waals surface area (Å²) < 4.78 is 0. The Morgan fingerprint density at radius 1 is 1.25 bits per heavy atom. The zero-order valence-electron chi connectivity index (χ0n) is 11.7. The van der Waals surface area contributed by atoms with E-state index in [9.17, 15) is 9.59 Å². The molecule has 0 aromatic heterocycles. The molecule has 1 N–H and O–H groups in total. The van der Waals surface area contributed by atoms with Crippen LogP contribution in [0.4, 0.5) is 0 Å². The van der Waals surface area contributed by atoms with Gasteiger partial charge in [0.2, 0.25) is 11.8 Å². The number of hydrogen-bond donors (Lipinski definition) is 1. The largest absolute Gasteiger partial charge is 0.342 e. The summed E-state index contributed by atoms with van der Waals surface area (Å²) in [5, 5.41) is 2.83. The maximum Gasteiger partial charge on any atom is 0.246 e. The van der Waals surface area contributed by atoms with Crippen LogP contribution in [0.3, 0.4) is 0 Å². The first-order valence-electron chi connectivity index (χ1n) is 7.32. The number of nitrogens with one attached hydrogen (secondary N) is 1. The molecule has 1 aromatic carbocycles. The molecule has 2 amide bonds. The molecule has 0 radical (unpaired) electrons. The minimum absolute atomic E-state index is 0.0349. The van der Waals surface area contributed by atoms with E-state index < -0.39 is 6.04 Å². The highest BCUT2D eigenvalue weighted by molar-refractivity contribution is 5.95. The molecule has 3 rings (SSSR count). The lowest BCUT2D eigenvalue weighted by molar-refractivity contribution is -0.145. The van der Waals surface area contributed by atoms with Crippen LogP contribution in [-0.2, 0) is 16.0 Å². The Kier molecular flexibility index (Phi) is 3.47. The summed E-state index contributed by atoms with van der Waals surface area (Å²) in [5.41, 5.74) is 1.08. The van der Waals surface area contributed by atoms with Crippen molar-refractivity contribution in [3.63, 3.8) is 0 Å². The van der Waals surface area contributed by atoms with Crippen molar-refractivity contribution in [3.05, 3.63) is 35.9 Å². The van der Waals surface area contributed by atoms with Gasteiger partial charge in [0, 0.05) is 12.5 Å². The molecular weight excluding hydrogens is 252 g/mol. The van der Waals surface area contributed by atoms with E-state index in [2.05, 4.69) is 12.2 Å². The smallest absolute Gasteiger partial charge is 0.246 e. The van der Waals surface area contributed by atoms with Gasteiger partial charge in [-0.3, -0.25) is 9.59 Å². The SMILES string of the molecule is CCC1CC1N1CC(=O)NC(Cc2ccccc2)C1=O. The molecule has 3 atom stereocenters. The van der Waals surface area contributed by atoms with Crippen molar-refractivity contribution in [1.29, 1.82) is 0 Å². The predicted molar refractivity (Wildman–Crippen MR) is 76.0 cm³/mol. The van der Waals surface area contributed by atoms with Crippen molar-refractivity contribution >= 4 is 11.8 Å². The normalized spacial score (nSPS) is 29.2. The van der Waals surface area contributed by atoms with Crippen LogP contribution < -0.4 is 5.32 Å². The first-order chi connectivity index (χ1) is 9.69. The predicted octanol–water partition coefficient (Wildman–Crippen LogP) is 1.35. The molecule has 0 bridgehead atoms. The minimum atomic E-state index is -0.406. The van der Waals surface area contributed by atoms with Gasteiger partial charge in [0.25, 0.3) is 0 Å². The topological polar surface area (TPSA) is 49.4 Å². The molecule has 2 aliphatic rings. The lowest BCUT2D eigenvalue weighted by Crippen LogP contribution is -2.59. The number of piperazine rings is 1. The van der Waals surface area contributed by atoms with Gasteiger partial charge in [0.05, 0.1) is 6.54 Å². The fraction of sp³-hybridized carbons (Fsp3) is 0.500. The van der Waals surface area contributed by atoms with Gasteiger partial charge in [0.1, 0.15) is 6.04 Å². The summed E-state index contributed by atoms with van der Waals surface area (Å²) in [4.78, 5) is 26.2. The Morgan fingerprint density at radius 2 is 2.00 bits per heavy atom. The maximum atomic E-state index is 12.5. The van der Waals surface area contributed by atoms with Crippen molar-refractivity contribution in [2.75, 3.05) is 6.54 Å². The van der Waals surface area contributed by atoms with E-state index in [1.165, 1.54) is 0 Å². The molecule has 1 heterocycles. The lowest BCUT2D eigenvalue weighted by Gasteiger charge is -2.33. The molecule has 1 aliphatic carbocycles. The molecule has 1 aromatic rings. The van der Waals surface area contributed by atoms with Crippen LogP contribution in [-0.4, -0.2) is 35.3 Å². The van der Waals surface area contributed by atoms with Gasteiger partial charge in [0.15, 0.2) is 0 Å². The fourth-order valence-corrected chi connectivity index (χ4v) is 3.06. The number of rotatable bonds is 4. The van der Waals surface area contributed by atoms with E-state index in [0.29, 0.717) is 12.3 Å². The van der Waals surface area contributed by atoms with Gasteiger partial charge in [-0.05, 0) is 17.9 Å². The van der Waals surface area contributed by atoms with Gasteiger partial charge >= 0.3 is 0 Å². The average molecular weight is 272 g/mol. The summed E-state index contributed by atoms with van der Waals surface area (Å²) in [6.07, 6.45) is 2.71. The number of amides is 2. The van der Waals surface area contributed by atoms with Crippen molar-refractivity contribution in [3.8, 4) is 0 Å². The molecule has 4 heteroatoms. The first-order valence-corrected chi connectivity index (χ1v) is 7.32.